The van der Waals surface area contributed by atoms with Crippen molar-refractivity contribution in [3.63, 3.8) is 0 Å². The van der Waals surface area contributed by atoms with Crippen LogP contribution in [0.4, 0.5) is 5.82 Å². The number of aliphatic hydroxyl groups is 4. The monoisotopic (exact) mass is 503 g/mol. The van der Waals surface area contributed by atoms with Crippen molar-refractivity contribution < 1.29 is 48.4 Å². The van der Waals surface area contributed by atoms with E-state index in [9.17, 15) is 29.6 Å². The highest BCUT2D eigenvalue weighted by molar-refractivity contribution is 7.47. The third kappa shape index (κ3) is 6.82. The summed E-state index contributed by atoms with van der Waals surface area (Å²) in [6.45, 7) is -1.56. The highest BCUT2D eigenvalue weighted by atomic mass is 31.2. The first-order chi connectivity index (χ1) is 16.1. The van der Waals surface area contributed by atoms with Crippen molar-refractivity contribution in [2.45, 2.75) is 37.3 Å². The highest BCUT2D eigenvalue weighted by Gasteiger charge is 2.45. The molecule has 1 saturated heterocycles. The minimum atomic E-state index is -4.60. The Hall–Kier alpha value is -2.39. The normalized spacial score (nSPS) is 25.1. The van der Waals surface area contributed by atoms with Gasteiger partial charge in [-0.1, -0.05) is 12.1 Å². The Labute approximate surface area is 193 Å². The second kappa shape index (κ2) is 11.4. The van der Waals surface area contributed by atoms with Gasteiger partial charge in [-0.25, -0.2) is 9.36 Å². The Kier molecular flexibility index (Phi) is 8.76. The van der Waals surface area contributed by atoms with Gasteiger partial charge in [0.15, 0.2) is 6.23 Å². The lowest BCUT2D eigenvalue weighted by Gasteiger charge is -2.18. The van der Waals surface area contributed by atoms with E-state index >= 15 is 0 Å². The average Bonchev–Trinajstić information content (AvgIpc) is 3.09. The molecule has 0 spiro atoms. The number of phosphoric acid groups is 1. The molecule has 2 heterocycles. The van der Waals surface area contributed by atoms with Crippen LogP contribution < -0.4 is 16.2 Å². The minimum Gasteiger partial charge on any atom is -0.491 e. The molecule has 0 bridgehead atoms. The van der Waals surface area contributed by atoms with Crippen molar-refractivity contribution in [1.29, 1.82) is 0 Å². The van der Waals surface area contributed by atoms with Gasteiger partial charge in [-0.05, 0) is 23.8 Å². The molecule has 0 amide bonds. The van der Waals surface area contributed by atoms with Gasteiger partial charge in [0.2, 0.25) is 0 Å². The molecule has 1 fully saturated rings. The Bertz CT molecular complexity index is 1070. The largest absolute Gasteiger partial charge is 0.491 e. The number of phosphoric ester groups is 1. The number of aromatic nitrogens is 2. The van der Waals surface area contributed by atoms with Gasteiger partial charge in [0.25, 0.3) is 0 Å². The van der Waals surface area contributed by atoms with Crippen LogP contribution in [0, 0.1) is 0 Å². The fourth-order valence-electron chi connectivity index (χ4n) is 3.05. The van der Waals surface area contributed by atoms with E-state index in [1.54, 1.807) is 18.2 Å². The maximum absolute atomic E-state index is 12.3. The molecule has 1 aromatic carbocycles. The molecule has 2 unspecified atom stereocenters. The molecular weight excluding hydrogens is 477 g/mol. The van der Waals surface area contributed by atoms with Crippen molar-refractivity contribution in [3.05, 3.63) is 52.6 Å². The molecule has 34 heavy (non-hydrogen) atoms. The van der Waals surface area contributed by atoms with Gasteiger partial charge in [-0.15, -0.1) is 0 Å². The second-order valence-electron chi connectivity index (χ2n) is 7.42. The van der Waals surface area contributed by atoms with Crippen molar-refractivity contribution >= 4 is 13.6 Å². The van der Waals surface area contributed by atoms with Gasteiger partial charge in [0.1, 0.15) is 42.6 Å². The summed E-state index contributed by atoms with van der Waals surface area (Å²) in [5.41, 5.74) is 5.07. The number of nitrogen functional groups attached to an aromatic ring is 1. The molecule has 0 saturated carbocycles. The molecule has 14 nitrogen and oxygen atoms in total. The van der Waals surface area contributed by atoms with Gasteiger partial charge < -0.3 is 40.5 Å². The maximum Gasteiger partial charge on any atom is 0.472 e. The van der Waals surface area contributed by atoms with Gasteiger partial charge >= 0.3 is 13.5 Å². The van der Waals surface area contributed by atoms with E-state index in [1.165, 1.54) is 18.3 Å². The van der Waals surface area contributed by atoms with Crippen LogP contribution in [-0.4, -0.2) is 79.1 Å². The number of anilines is 1. The SMILES string of the molecule is Nc1ccn([C@@H]2O[C@H](COP(=O)(O)OCc3cccc(OCC(O)CO)c3)[C@@H](O)[C@@H]2O)c(=O)n1. The summed E-state index contributed by atoms with van der Waals surface area (Å²) in [6, 6.07) is 7.59. The average molecular weight is 503 g/mol. The second-order valence-corrected chi connectivity index (χ2v) is 8.87. The van der Waals surface area contributed by atoms with E-state index in [2.05, 4.69) is 4.98 Å². The lowest BCUT2D eigenvalue weighted by Crippen LogP contribution is -2.36. The van der Waals surface area contributed by atoms with Gasteiger partial charge in [0, 0.05) is 6.20 Å². The Morgan fingerprint density at radius 3 is 2.71 bits per heavy atom. The van der Waals surface area contributed by atoms with Crippen molar-refractivity contribution in [2.24, 2.45) is 0 Å². The molecule has 6 atom stereocenters. The quantitative estimate of drug-likeness (QED) is 0.193. The molecule has 3 rings (SSSR count). The molecule has 7 N–H and O–H groups in total. The smallest absolute Gasteiger partial charge is 0.472 e. The number of hydrogen-bond acceptors (Lipinski definition) is 12. The van der Waals surface area contributed by atoms with Crippen LogP contribution in [0.3, 0.4) is 0 Å². The van der Waals surface area contributed by atoms with Gasteiger partial charge in [-0.3, -0.25) is 13.6 Å². The molecular formula is C19H26N3O11P. The van der Waals surface area contributed by atoms with E-state index in [4.69, 9.17) is 29.4 Å². The van der Waals surface area contributed by atoms with Crippen LogP contribution in [0.25, 0.3) is 0 Å². The summed E-state index contributed by atoms with van der Waals surface area (Å²) in [6.07, 6.45) is -5.44. The van der Waals surface area contributed by atoms with Gasteiger partial charge in [0.05, 0.1) is 19.8 Å². The van der Waals surface area contributed by atoms with Gasteiger partial charge in [-0.2, -0.15) is 4.98 Å². The zero-order valence-corrected chi connectivity index (χ0v) is 18.7. The number of aliphatic hydroxyl groups excluding tert-OH is 4. The molecule has 1 aromatic heterocycles. The Morgan fingerprint density at radius 2 is 2.00 bits per heavy atom. The summed E-state index contributed by atoms with van der Waals surface area (Å²) in [7, 11) is -4.60. The predicted molar refractivity (Wildman–Crippen MR) is 114 cm³/mol. The lowest BCUT2D eigenvalue weighted by molar-refractivity contribution is -0.0553. The summed E-state index contributed by atoms with van der Waals surface area (Å²) in [4.78, 5) is 25.4. The zero-order valence-electron chi connectivity index (χ0n) is 17.8. The fourth-order valence-corrected chi connectivity index (χ4v) is 3.77. The van der Waals surface area contributed by atoms with E-state index in [-0.39, 0.29) is 19.0 Å². The Morgan fingerprint density at radius 1 is 1.24 bits per heavy atom. The fraction of sp³-hybridized carbons (Fsp3) is 0.474. The standard InChI is InChI=1S/C19H26N3O11P/c20-15-4-5-22(19(27)21-15)18-17(26)16(25)14(33-18)10-32-34(28,29)31-8-11-2-1-3-13(6-11)30-9-12(24)7-23/h1-6,12,14,16-18,23-26H,7-10H2,(H,28,29)(H2,20,21,27)/t12?,14-,16-,17+,18-/m1/s1. The zero-order chi connectivity index (χ0) is 24.9. The number of nitrogens with zero attached hydrogens (tertiary/aromatic N) is 2. The molecule has 0 aliphatic carbocycles. The topological polar surface area (TPSA) is 216 Å². The number of benzene rings is 1. The summed E-state index contributed by atoms with van der Waals surface area (Å²) >= 11 is 0. The van der Waals surface area contributed by atoms with Crippen LogP contribution in [0.5, 0.6) is 5.75 Å². The molecule has 1 aliphatic rings. The van der Waals surface area contributed by atoms with Crippen molar-refractivity contribution in [1.82, 2.24) is 9.55 Å². The van der Waals surface area contributed by atoms with E-state index in [0.717, 1.165) is 4.57 Å². The van der Waals surface area contributed by atoms with Crippen LogP contribution >= 0.6 is 7.82 Å². The molecule has 1 aliphatic heterocycles. The lowest BCUT2D eigenvalue weighted by atomic mass is 10.1. The van der Waals surface area contributed by atoms with Crippen LogP contribution in [0.15, 0.2) is 41.3 Å². The van der Waals surface area contributed by atoms with E-state index < -0.39 is 57.4 Å². The van der Waals surface area contributed by atoms with Crippen LogP contribution in [0.2, 0.25) is 0 Å². The number of hydrogen-bond donors (Lipinski definition) is 6. The van der Waals surface area contributed by atoms with E-state index in [0.29, 0.717) is 11.3 Å². The summed E-state index contributed by atoms with van der Waals surface area (Å²) in [5, 5.41) is 38.6. The van der Waals surface area contributed by atoms with Crippen molar-refractivity contribution in [2.75, 3.05) is 25.6 Å². The minimum absolute atomic E-state index is 0.0348. The van der Waals surface area contributed by atoms with Crippen LogP contribution in [-0.2, 0) is 25.0 Å². The molecule has 188 valence electrons. The first-order valence-corrected chi connectivity index (χ1v) is 11.6. The van der Waals surface area contributed by atoms with E-state index in [1.807, 2.05) is 0 Å². The summed E-state index contributed by atoms with van der Waals surface area (Å²) < 4.78 is 33.7. The summed E-state index contributed by atoms with van der Waals surface area (Å²) in [5.74, 6) is 0.310. The predicted octanol–water partition coefficient (Wildman–Crippen LogP) is -1.49. The third-order valence-electron chi connectivity index (χ3n) is 4.81. The highest BCUT2D eigenvalue weighted by Crippen LogP contribution is 2.45. The number of ether oxygens (including phenoxy) is 2. The maximum atomic E-state index is 12.3. The van der Waals surface area contributed by atoms with Crippen molar-refractivity contribution in [3.8, 4) is 5.75 Å². The molecule has 0 radical (unpaired) electrons. The van der Waals surface area contributed by atoms with Crippen LogP contribution in [0.1, 0.15) is 11.8 Å². The third-order valence-corrected chi connectivity index (χ3v) is 5.74. The number of nitrogens with two attached hydrogens (primary N) is 1. The molecule has 2 aromatic rings. The molecule has 15 heteroatoms. The first kappa shape index (κ1) is 26.2. The Balaban J connectivity index is 1.54. The number of rotatable bonds is 11. The first-order valence-electron chi connectivity index (χ1n) is 10.1.